The summed E-state index contributed by atoms with van der Waals surface area (Å²) in [6, 6.07) is 0.345. The van der Waals surface area contributed by atoms with E-state index in [1.807, 2.05) is 11.8 Å². The average molecular weight is 255 g/mol. The summed E-state index contributed by atoms with van der Waals surface area (Å²) in [5.41, 5.74) is 4.81. The molecule has 5 nitrogen and oxygen atoms in total. The molecule has 1 aliphatic rings. The number of nitrogens with two attached hydrogens (primary N) is 1. The zero-order valence-electron chi connectivity index (χ0n) is 11.8. The predicted octanol–water partition coefficient (Wildman–Crippen LogP) is 1.80. The number of amidine groups is 1. The van der Waals surface area contributed by atoms with E-state index in [1.165, 1.54) is 0 Å². The van der Waals surface area contributed by atoms with E-state index in [9.17, 15) is 4.79 Å². The largest absolute Gasteiger partial charge is 0.409 e. The van der Waals surface area contributed by atoms with Crippen LogP contribution >= 0.6 is 0 Å². The number of carbonyl (C=O) groups is 1. The summed E-state index contributed by atoms with van der Waals surface area (Å²) >= 11 is 0. The highest BCUT2D eigenvalue weighted by Crippen LogP contribution is 2.33. The number of amides is 1. The van der Waals surface area contributed by atoms with Crippen molar-refractivity contribution in [3.8, 4) is 0 Å². The maximum Gasteiger partial charge on any atom is 0.236 e. The van der Waals surface area contributed by atoms with Gasteiger partial charge in [0.05, 0.1) is 0 Å². The van der Waals surface area contributed by atoms with E-state index in [1.54, 1.807) is 6.92 Å². The Kier molecular flexibility index (Phi) is 4.59. The third-order valence-electron chi connectivity index (χ3n) is 3.66. The smallest absolute Gasteiger partial charge is 0.236 e. The Morgan fingerprint density at radius 1 is 1.56 bits per heavy atom. The van der Waals surface area contributed by atoms with Gasteiger partial charge in [0.25, 0.3) is 0 Å². The molecule has 1 atom stereocenters. The third-order valence-corrected chi connectivity index (χ3v) is 3.66. The van der Waals surface area contributed by atoms with Crippen molar-refractivity contribution in [2.24, 2.45) is 22.2 Å². The molecular weight excluding hydrogens is 230 g/mol. The molecule has 0 aromatic rings. The molecule has 1 amide bonds. The number of carbonyl (C=O) groups excluding carboxylic acids is 1. The maximum absolute atomic E-state index is 12.7. The molecule has 5 heteroatoms. The van der Waals surface area contributed by atoms with Crippen molar-refractivity contribution in [2.75, 3.05) is 6.54 Å². The van der Waals surface area contributed by atoms with Crippen LogP contribution < -0.4 is 5.73 Å². The van der Waals surface area contributed by atoms with Gasteiger partial charge in [-0.1, -0.05) is 25.9 Å². The molecule has 1 fully saturated rings. The van der Waals surface area contributed by atoms with Crippen LogP contribution in [-0.2, 0) is 4.79 Å². The lowest BCUT2D eigenvalue weighted by atomic mass is 9.84. The van der Waals surface area contributed by atoms with Crippen LogP contribution in [0.15, 0.2) is 5.16 Å². The van der Waals surface area contributed by atoms with Gasteiger partial charge in [0, 0.05) is 12.6 Å². The topological polar surface area (TPSA) is 78.9 Å². The summed E-state index contributed by atoms with van der Waals surface area (Å²) in [4.78, 5) is 14.6. The molecule has 1 aliphatic carbocycles. The zero-order chi connectivity index (χ0) is 13.9. The lowest BCUT2D eigenvalue weighted by molar-refractivity contribution is -0.139. The number of oxime groups is 1. The fourth-order valence-corrected chi connectivity index (χ4v) is 2.05. The second kappa shape index (κ2) is 5.59. The number of rotatable bonds is 6. The number of hydrogen-bond donors (Lipinski definition) is 2. The molecule has 0 saturated heterocycles. The molecule has 0 bridgehead atoms. The first-order chi connectivity index (χ1) is 8.36. The van der Waals surface area contributed by atoms with Crippen molar-refractivity contribution in [1.82, 2.24) is 4.90 Å². The summed E-state index contributed by atoms with van der Waals surface area (Å²) in [6.07, 6.45) is 2.66. The van der Waals surface area contributed by atoms with Crippen molar-refractivity contribution < 1.29 is 10.0 Å². The Bertz CT molecular complexity index is 337. The molecule has 104 valence electrons. The third kappa shape index (κ3) is 2.94. The highest BCUT2D eigenvalue weighted by molar-refractivity contribution is 6.06. The van der Waals surface area contributed by atoms with Crippen LogP contribution in [-0.4, -0.2) is 34.4 Å². The highest BCUT2D eigenvalue weighted by Gasteiger charge is 2.44. The molecule has 1 saturated carbocycles. The van der Waals surface area contributed by atoms with E-state index in [4.69, 9.17) is 10.9 Å². The van der Waals surface area contributed by atoms with Crippen LogP contribution in [0.1, 0.15) is 47.0 Å². The standard InChI is InChI=1S/C13H25N3O2/c1-5-13(4,11(14)15-18)12(17)16(8-9(2)3)10-6-7-10/h9-10,18H,5-8H2,1-4H3,(H2,14,15). The van der Waals surface area contributed by atoms with E-state index in [2.05, 4.69) is 19.0 Å². The van der Waals surface area contributed by atoms with Gasteiger partial charge in [-0.2, -0.15) is 0 Å². The second-order valence-corrected chi connectivity index (χ2v) is 5.75. The molecular formula is C13H25N3O2. The Hall–Kier alpha value is -1.26. The van der Waals surface area contributed by atoms with Gasteiger partial charge in [-0.25, -0.2) is 0 Å². The quantitative estimate of drug-likeness (QED) is 0.329. The first kappa shape index (κ1) is 14.8. The summed E-state index contributed by atoms with van der Waals surface area (Å²) in [7, 11) is 0. The second-order valence-electron chi connectivity index (χ2n) is 5.75. The van der Waals surface area contributed by atoms with Crippen LogP contribution in [0.4, 0.5) is 0 Å². The summed E-state index contributed by atoms with van der Waals surface area (Å²) in [5.74, 6) is 0.406. The fraction of sp³-hybridized carbons (Fsp3) is 0.846. The van der Waals surface area contributed by atoms with Crippen LogP contribution in [0.25, 0.3) is 0 Å². The van der Waals surface area contributed by atoms with Crippen LogP contribution in [0.5, 0.6) is 0 Å². The summed E-state index contributed by atoms with van der Waals surface area (Å²) in [5, 5.41) is 11.9. The van der Waals surface area contributed by atoms with Crippen molar-refractivity contribution in [2.45, 2.75) is 53.0 Å². The minimum atomic E-state index is -0.897. The Balaban J connectivity index is 2.93. The van der Waals surface area contributed by atoms with Crippen LogP contribution in [0, 0.1) is 11.3 Å². The molecule has 1 rings (SSSR count). The first-order valence-electron chi connectivity index (χ1n) is 6.65. The van der Waals surface area contributed by atoms with Crippen LogP contribution in [0.3, 0.4) is 0 Å². The normalized spacial score (nSPS) is 19.7. The highest BCUT2D eigenvalue weighted by atomic mass is 16.4. The van der Waals surface area contributed by atoms with Gasteiger partial charge in [0.15, 0.2) is 5.84 Å². The summed E-state index contributed by atoms with van der Waals surface area (Å²) in [6.45, 7) is 8.55. The van der Waals surface area contributed by atoms with Gasteiger partial charge < -0.3 is 15.8 Å². The van der Waals surface area contributed by atoms with E-state index < -0.39 is 5.41 Å². The number of nitrogens with zero attached hydrogens (tertiary/aromatic N) is 2. The zero-order valence-corrected chi connectivity index (χ0v) is 11.8. The molecule has 0 spiro atoms. The van der Waals surface area contributed by atoms with E-state index in [-0.39, 0.29) is 11.7 Å². The van der Waals surface area contributed by atoms with Gasteiger partial charge in [-0.15, -0.1) is 0 Å². The minimum absolute atomic E-state index is 0.00408. The lowest BCUT2D eigenvalue weighted by Gasteiger charge is -2.34. The van der Waals surface area contributed by atoms with Gasteiger partial charge in [0.1, 0.15) is 5.41 Å². The van der Waals surface area contributed by atoms with Crippen molar-refractivity contribution in [1.29, 1.82) is 0 Å². The van der Waals surface area contributed by atoms with E-state index in [0.717, 1.165) is 19.4 Å². The van der Waals surface area contributed by atoms with Crippen molar-refractivity contribution in [3.63, 3.8) is 0 Å². The van der Waals surface area contributed by atoms with E-state index >= 15 is 0 Å². The monoisotopic (exact) mass is 255 g/mol. The molecule has 0 aliphatic heterocycles. The molecule has 0 aromatic heterocycles. The minimum Gasteiger partial charge on any atom is -0.409 e. The fourth-order valence-electron chi connectivity index (χ4n) is 2.05. The lowest BCUT2D eigenvalue weighted by Crippen LogP contribution is -2.51. The molecule has 1 unspecified atom stereocenters. The van der Waals surface area contributed by atoms with Gasteiger partial charge in [-0.3, -0.25) is 4.79 Å². The van der Waals surface area contributed by atoms with Crippen molar-refractivity contribution in [3.05, 3.63) is 0 Å². The average Bonchev–Trinajstić information content (AvgIpc) is 3.16. The molecule has 0 radical (unpaired) electrons. The van der Waals surface area contributed by atoms with Crippen LogP contribution in [0.2, 0.25) is 0 Å². The SMILES string of the molecule is CCC(C)(C(=O)N(CC(C)C)C1CC1)C(N)=NO. The first-order valence-corrected chi connectivity index (χ1v) is 6.65. The van der Waals surface area contributed by atoms with Crippen molar-refractivity contribution >= 4 is 11.7 Å². The predicted molar refractivity (Wildman–Crippen MR) is 71.4 cm³/mol. The molecule has 0 heterocycles. The van der Waals surface area contributed by atoms with Gasteiger partial charge in [-0.05, 0) is 32.1 Å². The van der Waals surface area contributed by atoms with Gasteiger partial charge >= 0.3 is 0 Å². The van der Waals surface area contributed by atoms with Gasteiger partial charge in [0.2, 0.25) is 5.91 Å². The van der Waals surface area contributed by atoms with E-state index in [0.29, 0.717) is 18.4 Å². The Labute approximate surface area is 109 Å². The molecule has 0 aromatic carbocycles. The Morgan fingerprint density at radius 3 is 2.44 bits per heavy atom. The number of hydrogen-bond acceptors (Lipinski definition) is 3. The molecule has 18 heavy (non-hydrogen) atoms. The Morgan fingerprint density at radius 2 is 2.11 bits per heavy atom. The molecule has 3 N–H and O–H groups in total. The summed E-state index contributed by atoms with van der Waals surface area (Å²) < 4.78 is 0. The maximum atomic E-state index is 12.7.